The molecule has 4 heteroatoms. The van der Waals surface area contributed by atoms with Crippen molar-refractivity contribution < 1.29 is 9.59 Å². The van der Waals surface area contributed by atoms with Crippen LogP contribution in [0.15, 0.2) is 30.3 Å². The third kappa shape index (κ3) is 1.35. The molecule has 0 radical (unpaired) electrons. The van der Waals surface area contributed by atoms with Gasteiger partial charge in [-0.25, -0.2) is 0 Å². The number of benzene rings is 2. The van der Waals surface area contributed by atoms with E-state index in [4.69, 9.17) is 11.1 Å². The van der Waals surface area contributed by atoms with E-state index in [1.54, 1.807) is 24.3 Å². The molecule has 0 fully saturated rings. The van der Waals surface area contributed by atoms with Crippen molar-refractivity contribution in [2.75, 3.05) is 5.73 Å². The number of carbonyl (C=O) groups is 2. The summed E-state index contributed by atoms with van der Waals surface area (Å²) in [6, 6.07) is 8.89. The van der Waals surface area contributed by atoms with Crippen molar-refractivity contribution in [2.45, 2.75) is 6.42 Å². The lowest BCUT2D eigenvalue weighted by Gasteiger charge is -2.17. The predicted octanol–water partition coefficient (Wildman–Crippen LogP) is 1.75. The van der Waals surface area contributed by atoms with E-state index in [-0.39, 0.29) is 12.1 Å². The summed E-state index contributed by atoms with van der Waals surface area (Å²) in [5.74, 6) is -1.30. The molecule has 0 heterocycles. The van der Waals surface area contributed by atoms with E-state index in [2.05, 4.69) is 0 Å². The van der Waals surface area contributed by atoms with Crippen molar-refractivity contribution in [3.05, 3.63) is 41.5 Å². The molecule has 0 unspecified atom stereocenters. The van der Waals surface area contributed by atoms with Crippen LogP contribution in [0, 0.1) is 5.41 Å². The van der Waals surface area contributed by atoms with Crippen LogP contribution in [0.2, 0.25) is 0 Å². The summed E-state index contributed by atoms with van der Waals surface area (Å²) >= 11 is 0. The van der Waals surface area contributed by atoms with Crippen molar-refractivity contribution >= 4 is 33.7 Å². The highest BCUT2D eigenvalue weighted by Crippen LogP contribution is 2.28. The van der Waals surface area contributed by atoms with Crippen molar-refractivity contribution in [1.82, 2.24) is 0 Å². The number of nitrogens with one attached hydrogen (secondary N) is 1. The monoisotopic (exact) mass is 238 g/mol. The molecule has 3 N–H and O–H groups in total. The number of rotatable bonds is 0. The summed E-state index contributed by atoms with van der Waals surface area (Å²) in [4.78, 5) is 23.3. The van der Waals surface area contributed by atoms with E-state index in [0.29, 0.717) is 11.3 Å². The Bertz CT molecular complexity index is 732. The topological polar surface area (TPSA) is 84.0 Å². The third-order valence-electron chi connectivity index (χ3n) is 3.24. The highest BCUT2D eigenvalue weighted by Gasteiger charge is 2.30. The first-order chi connectivity index (χ1) is 8.58. The van der Waals surface area contributed by atoms with Gasteiger partial charge in [0, 0.05) is 17.7 Å². The molecule has 0 saturated carbocycles. The van der Waals surface area contributed by atoms with E-state index in [1.165, 1.54) is 0 Å². The lowest BCUT2D eigenvalue weighted by atomic mass is 9.85. The Labute approximate surface area is 103 Å². The Balaban J connectivity index is 2.38. The highest BCUT2D eigenvalue weighted by molar-refractivity contribution is 6.69. The number of carbonyl (C=O) groups excluding carboxylic acids is 2. The van der Waals surface area contributed by atoms with Gasteiger partial charge in [-0.05, 0) is 34.5 Å². The van der Waals surface area contributed by atoms with Crippen molar-refractivity contribution in [1.29, 1.82) is 5.41 Å². The van der Waals surface area contributed by atoms with Gasteiger partial charge < -0.3 is 11.1 Å². The molecule has 0 aromatic heterocycles. The molecule has 0 aliphatic heterocycles. The van der Waals surface area contributed by atoms with Gasteiger partial charge in [-0.2, -0.15) is 0 Å². The van der Waals surface area contributed by atoms with Crippen LogP contribution < -0.4 is 5.73 Å². The van der Waals surface area contributed by atoms with Gasteiger partial charge >= 0.3 is 0 Å². The number of ketones is 2. The molecule has 2 aromatic carbocycles. The van der Waals surface area contributed by atoms with Crippen LogP contribution in [-0.2, 0) is 11.2 Å². The molecule has 0 atom stereocenters. The van der Waals surface area contributed by atoms with Gasteiger partial charge in [-0.15, -0.1) is 0 Å². The van der Waals surface area contributed by atoms with E-state index in [0.717, 1.165) is 16.3 Å². The second-order valence-corrected chi connectivity index (χ2v) is 4.39. The number of hydrogen-bond donors (Lipinski definition) is 2. The third-order valence-corrected chi connectivity index (χ3v) is 3.24. The molecule has 0 saturated heterocycles. The van der Waals surface area contributed by atoms with Gasteiger partial charge in [-0.1, -0.05) is 12.1 Å². The Morgan fingerprint density at radius 1 is 1.06 bits per heavy atom. The van der Waals surface area contributed by atoms with Crippen molar-refractivity contribution in [3.8, 4) is 0 Å². The van der Waals surface area contributed by atoms with Crippen LogP contribution >= 0.6 is 0 Å². The number of anilines is 1. The van der Waals surface area contributed by atoms with Crippen molar-refractivity contribution in [2.24, 2.45) is 0 Å². The number of hydrogen-bond acceptors (Lipinski definition) is 4. The van der Waals surface area contributed by atoms with Crippen LogP contribution in [0.1, 0.15) is 15.9 Å². The maximum absolute atomic E-state index is 11.8. The predicted molar refractivity (Wildman–Crippen MR) is 69.1 cm³/mol. The second kappa shape index (κ2) is 3.50. The molecular weight excluding hydrogens is 228 g/mol. The molecule has 18 heavy (non-hydrogen) atoms. The van der Waals surface area contributed by atoms with Gasteiger partial charge in [0.05, 0.1) is 5.71 Å². The number of nitrogens with two attached hydrogens (primary N) is 1. The lowest BCUT2D eigenvalue weighted by Crippen LogP contribution is -2.31. The van der Waals surface area contributed by atoms with Gasteiger partial charge in [0.15, 0.2) is 0 Å². The fourth-order valence-electron chi connectivity index (χ4n) is 2.32. The van der Waals surface area contributed by atoms with Gasteiger partial charge in [-0.3, -0.25) is 9.59 Å². The largest absolute Gasteiger partial charge is 0.399 e. The summed E-state index contributed by atoms with van der Waals surface area (Å²) in [5, 5.41) is 9.39. The molecule has 1 aliphatic rings. The van der Waals surface area contributed by atoms with Crippen LogP contribution in [0.25, 0.3) is 10.8 Å². The number of fused-ring (bicyclic) bond motifs is 3. The minimum atomic E-state index is -0.703. The highest BCUT2D eigenvalue weighted by atomic mass is 16.2. The maximum Gasteiger partial charge on any atom is 0.247 e. The first-order valence-corrected chi connectivity index (χ1v) is 5.55. The minimum absolute atomic E-state index is 0.151. The van der Waals surface area contributed by atoms with E-state index >= 15 is 0 Å². The second-order valence-electron chi connectivity index (χ2n) is 4.39. The van der Waals surface area contributed by atoms with Crippen LogP contribution in [0.5, 0.6) is 0 Å². The van der Waals surface area contributed by atoms with E-state index in [9.17, 15) is 9.59 Å². The molecule has 3 rings (SSSR count). The number of nitrogen functional groups attached to an aromatic ring is 1. The summed E-state index contributed by atoms with van der Waals surface area (Å²) in [5.41, 5.74) is 7.33. The molecule has 0 amide bonds. The van der Waals surface area contributed by atoms with E-state index < -0.39 is 11.6 Å². The standard InChI is InChI=1S/C14H10N2O2/c15-8-3-1-7-2-4-9-11(10(7)5-8)6-12(16)14(18)13(9)17/h1-5,16H,6,15H2. The van der Waals surface area contributed by atoms with Gasteiger partial charge in [0.2, 0.25) is 11.6 Å². The Kier molecular flexibility index (Phi) is 2.07. The summed E-state index contributed by atoms with van der Waals surface area (Å²) in [7, 11) is 0. The average molecular weight is 238 g/mol. The summed E-state index contributed by atoms with van der Waals surface area (Å²) in [6.45, 7) is 0. The SMILES string of the molecule is N=C1Cc2c(ccc3ccc(N)cc23)C(=O)C1=O. The van der Waals surface area contributed by atoms with Crippen molar-refractivity contribution in [3.63, 3.8) is 0 Å². The smallest absolute Gasteiger partial charge is 0.247 e. The number of Topliss-reactive ketones (excluding diaryl/α,β-unsaturated/α-hetero) is 2. The zero-order valence-electron chi connectivity index (χ0n) is 9.49. The van der Waals surface area contributed by atoms with E-state index in [1.807, 2.05) is 6.07 Å². The molecular formula is C14H10N2O2. The molecule has 0 bridgehead atoms. The zero-order valence-corrected chi connectivity index (χ0v) is 9.49. The summed E-state index contributed by atoms with van der Waals surface area (Å²) < 4.78 is 0. The summed E-state index contributed by atoms with van der Waals surface area (Å²) in [6.07, 6.45) is 0.195. The minimum Gasteiger partial charge on any atom is -0.399 e. The normalized spacial score (nSPS) is 15.0. The van der Waals surface area contributed by atoms with Gasteiger partial charge in [0.25, 0.3) is 0 Å². The Morgan fingerprint density at radius 3 is 2.56 bits per heavy atom. The quantitative estimate of drug-likeness (QED) is 0.541. The molecule has 1 aliphatic carbocycles. The van der Waals surface area contributed by atoms with Crippen LogP contribution in [-0.4, -0.2) is 17.3 Å². The lowest BCUT2D eigenvalue weighted by molar-refractivity contribution is -0.109. The fraction of sp³-hybridized carbons (Fsp3) is 0.0714. The molecule has 88 valence electrons. The van der Waals surface area contributed by atoms with Crippen LogP contribution in [0.4, 0.5) is 5.69 Å². The molecule has 2 aromatic rings. The Morgan fingerprint density at radius 2 is 1.78 bits per heavy atom. The Hall–Kier alpha value is -2.49. The fourth-order valence-corrected chi connectivity index (χ4v) is 2.32. The first kappa shape index (κ1) is 10.7. The maximum atomic E-state index is 11.8. The van der Waals surface area contributed by atoms with Crippen LogP contribution in [0.3, 0.4) is 0 Å². The average Bonchev–Trinajstić information content (AvgIpc) is 2.36. The molecule has 4 nitrogen and oxygen atoms in total. The zero-order chi connectivity index (χ0) is 12.9. The van der Waals surface area contributed by atoms with Gasteiger partial charge in [0.1, 0.15) is 0 Å². The molecule has 0 spiro atoms. The first-order valence-electron chi connectivity index (χ1n) is 5.55.